The Bertz CT molecular complexity index is 341. The fourth-order valence-corrected chi connectivity index (χ4v) is 2.23. The molecular weight excluding hydrogens is 204 g/mol. The maximum absolute atomic E-state index is 12.0. The summed E-state index contributed by atoms with van der Waals surface area (Å²) in [6.45, 7) is 0. The number of carbonyl (C=O) groups excluding carboxylic acids is 1. The van der Waals surface area contributed by atoms with Crippen LogP contribution in [0.15, 0.2) is 12.4 Å². The van der Waals surface area contributed by atoms with E-state index < -0.39 is 0 Å². The van der Waals surface area contributed by atoms with Gasteiger partial charge in [0.1, 0.15) is 0 Å². The van der Waals surface area contributed by atoms with Gasteiger partial charge in [0.05, 0.1) is 11.8 Å². The van der Waals surface area contributed by atoms with Crippen molar-refractivity contribution in [2.24, 2.45) is 5.73 Å². The molecule has 0 radical (unpaired) electrons. The van der Waals surface area contributed by atoms with Gasteiger partial charge in [-0.2, -0.15) is 5.10 Å². The molecule has 2 rings (SSSR count). The second-order valence-corrected chi connectivity index (χ2v) is 4.47. The Labute approximate surface area is 95.0 Å². The highest BCUT2D eigenvalue weighted by Gasteiger charge is 2.25. The standard InChI is InChI=1S/C11H18N4O/c1-15(10-4-2-9(12)3-5-10)11(16)8-6-13-14-7-8/h6-7,9-10H,2-5,12H2,1H3,(H,13,14). The zero-order valence-electron chi connectivity index (χ0n) is 9.52. The smallest absolute Gasteiger partial charge is 0.257 e. The van der Waals surface area contributed by atoms with Crippen LogP contribution in [0.3, 0.4) is 0 Å². The fraction of sp³-hybridized carbons (Fsp3) is 0.636. The minimum atomic E-state index is 0.0363. The molecule has 0 bridgehead atoms. The largest absolute Gasteiger partial charge is 0.339 e. The number of carbonyl (C=O) groups is 1. The van der Waals surface area contributed by atoms with Gasteiger partial charge in [0.25, 0.3) is 5.91 Å². The van der Waals surface area contributed by atoms with Gasteiger partial charge in [-0.15, -0.1) is 0 Å². The van der Waals surface area contributed by atoms with Gasteiger partial charge in [0.2, 0.25) is 0 Å². The van der Waals surface area contributed by atoms with Crippen molar-refractivity contribution >= 4 is 5.91 Å². The number of hydrogen-bond acceptors (Lipinski definition) is 3. The monoisotopic (exact) mass is 222 g/mol. The van der Waals surface area contributed by atoms with Crippen LogP contribution < -0.4 is 5.73 Å². The molecule has 0 saturated heterocycles. The minimum absolute atomic E-state index is 0.0363. The lowest BCUT2D eigenvalue weighted by atomic mass is 9.91. The lowest BCUT2D eigenvalue weighted by molar-refractivity contribution is 0.0690. The van der Waals surface area contributed by atoms with E-state index in [1.807, 2.05) is 11.9 Å². The molecule has 16 heavy (non-hydrogen) atoms. The van der Waals surface area contributed by atoms with Crippen molar-refractivity contribution in [3.63, 3.8) is 0 Å². The van der Waals surface area contributed by atoms with Crippen LogP contribution in [0.2, 0.25) is 0 Å². The molecular formula is C11H18N4O. The third-order valence-electron chi connectivity index (χ3n) is 3.35. The number of aromatic nitrogens is 2. The van der Waals surface area contributed by atoms with E-state index in [4.69, 9.17) is 5.73 Å². The zero-order valence-corrected chi connectivity index (χ0v) is 9.52. The molecule has 1 amide bonds. The molecule has 1 saturated carbocycles. The molecule has 0 unspecified atom stereocenters. The maximum atomic E-state index is 12.0. The second-order valence-electron chi connectivity index (χ2n) is 4.47. The first kappa shape index (κ1) is 11.1. The first-order valence-electron chi connectivity index (χ1n) is 5.70. The Morgan fingerprint density at radius 3 is 2.75 bits per heavy atom. The summed E-state index contributed by atoms with van der Waals surface area (Å²) in [6.07, 6.45) is 7.21. The van der Waals surface area contributed by atoms with Crippen LogP contribution in [-0.2, 0) is 0 Å². The van der Waals surface area contributed by atoms with Crippen LogP contribution in [0, 0.1) is 0 Å². The Hall–Kier alpha value is -1.36. The molecule has 0 spiro atoms. The normalized spacial score (nSPS) is 25.4. The third kappa shape index (κ3) is 2.24. The molecule has 1 aliphatic rings. The predicted octanol–water partition coefficient (Wildman–Crippen LogP) is 0.752. The highest BCUT2D eigenvalue weighted by Crippen LogP contribution is 2.22. The van der Waals surface area contributed by atoms with Crippen LogP contribution in [0.5, 0.6) is 0 Å². The van der Waals surface area contributed by atoms with Gasteiger partial charge in [-0.25, -0.2) is 0 Å². The maximum Gasteiger partial charge on any atom is 0.257 e. The molecule has 3 N–H and O–H groups in total. The van der Waals surface area contributed by atoms with Crippen molar-refractivity contribution in [3.8, 4) is 0 Å². The lowest BCUT2D eigenvalue weighted by Gasteiger charge is -2.33. The topological polar surface area (TPSA) is 75.0 Å². The minimum Gasteiger partial charge on any atom is -0.339 e. The molecule has 0 aromatic carbocycles. The van der Waals surface area contributed by atoms with Crippen molar-refractivity contribution in [2.75, 3.05) is 7.05 Å². The summed E-state index contributed by atoms with van der Waals surface area (Å²) in [5.41, 5.74) is 6.47. The zero-order chi connectivity index (χ0) is 11.5. The van der Waals surface area contributed by atoms with E-state index in [9.17, 15) is 4.79 Å². The van der Waals surface area contributed by atoms with Crippen LogP contribution >= 0.6 is 0 Å². The Kier molecular flexibility index (Phi) is 3.24. The van der Waals surface area contributed by atoms with Crippen molar-refractivity contribution in [1.29, 1.82) is 0 Å². The molecule has 88 valence electrons. The molecule has 5 heteroatoms. The van der Waals surface area contributed by atoms with Gasteiger partial charge in [0, 0.05) is 25.3 Å². The third-order valence-corrected chi connectivity index (χ3v) is 3.35. The average molecular weight is 222 g/mol. The van der Waals surface area contributed by atoms with Gasteiger partial charge in [0.15, 0.2) is 0 Å². The van der Waals surface area contributed by atoms with Crippen LogP contribution in [-0.4, -0.2) is 40.1 Å². The fourth-order valence-electron chi connectivity index (χ4n) is 2.23. The van der Waals surface area contributed by atoms with E-state index in [0.29, 0.717) is 17.6 Å². The number of rotatable bonds is 2. The average Bonchev–Trinajstić information content (AvgIpc) is 2.81. The van der Waals surface area contributed by atoms with Gasteiger partial charge in [-0.05, 0) is 25.7 Å². The number of aromatic amines is 1. The van der Waals surface area contributed by atoms with Gasteiger partial charge < -0.3 is 10.6 Å². The SMILES string of the molecule is CN(C(=O)c1cn[nH]c1)C1CCC(N)CC1. The van der Waals surface area contributed by atoms with Crippen molar-refractivity contribution in [1.82, 2.24) is 15.1 Å². The number of amides is 1. The quantitative estimate of drug-likeness (QED) is 0.775. The highest BCUT2D eigenvalue weighted by molar-refractivity contribution is 5.93. The number of H-pyrrole nitrogens is 1. The molecule has 1 heterocycles. The molecule has 1 aromatic heterocycles. The van der Waals surface area contributed by atoms with E-state index in [0.717, 1.165) is 25.7 Å². The number of nitrogens with zero attached hydrogens (tertiary/aromatic N) is 2. The van der Waals surface area contributed by atoms with Gasteiger partial charge >= 0.3 is 0 Å². The summed E-state index contributed by atoms with van der Waals surface area (Å²) in [6, 6.07) is 0.635. The van der Waals surface area contributed by atoms with Gasteiger partial charge in [-0.3, -0.25) is 9.89 Å². The number of nitrogens with one attached hydrogen (secondary N) is 1. The molecule has 0 atom stereocenters. The van der Waals surface area contributed by atoms with Crippen LogP contribution in [0.1, 0.15) is 36.0 Å². The summed E-state index contributed by atoms with van der Waals surface area (Å²) in [4.78, 5) is 13.8. The summed E-state index contributed by atoms with van der Waals surface area (Å²) in [7, 11) is 1.86. The summed E-state index contributed by atoms with van der Waals surface area (Å²) in [5.74, 6) is 0.0363. The van der Waals surface area contributed by atoms with Crippen molar-refractivity contribution < 1.29 is 4.79 Å². The van der Waals surface area contributed by atoms with E-state index >= 15 is 0 Å². The first-order chi connectivity index (χ1) is 7.68. The number of hydrogen-bond donors (Lipinski definition) is 2. The predicted molar refractivity (Wildman–Crippen MR) is 60.9 cm³/mol. The van der Waals surface area contributed by atoms with E-state index in [1.54, 1.807) is 12.4 Å². The second kappa shape index (κ2) is 4.65. The molecule has 1 fully saturated rings. The lowest BCUT2D eigenvalue weighted by Crippen LogP contribution is -2.41. The Morgan fingerprint density at radius 1 is 1.50 bits per heavy atom. The van der Waals surface area contributed by atoms with Crippen LogP contribution in [0.4, 0.5) is 0 Å². The van der Waals surface area contributed by atoms with Gasteiger partial charge in [-0.1, -0.05) is 0 Å². The Morgan fingerprint density at radius 2 is 2.19 bits per heavy atom. The highest BCUT2D eigenvalue weighted by atomic mass is 16.2. The molecule has 5 nitrogen and oxygen atoms in total. The van der Waals surface area contributed by atoms with Crippen LogP contribution in [0.25, 0.3) is 0 Å². The van der Waals surface area contributed by atoms with E-state index in [-0.39, 0.29) is 5.91 Å². The Balaban J connectivity index is 1.97. The van der Waals surface area contributed by atoms with Crippen molar-refractivity contribution in [3.05, 3.63) is 18.0 Å². The molecule has 0 aliphatic heterocycles. The van der Waals surface area contributed by atoms with E-state index in [2.05, 4.69) is 10.2 Å². The summed E-state index contributed by atoms with van der Waals surface area (Å²) < 4.78 is 0. The molecule has 1 aliphatic carbocycles. The summed E-state index contributed by atoms with van der Waals surface area (Å²) >= 11 is 0. The van der Waals surface area contributed by atoms with E-state index in [1.165, 1.54) is 0 Å². The first-order valence-corrected chi connectivity index (χ1v) is 5.70. The molecule has 1 aromatic rings. The van der Waals surface area contributed by atoms with Crippen molar-refractivity contribution in [2.45, 2.75) is 37.8 Å². The summed E-state index contributed by atoms with van der Waals surface area (Å²) in [5, 5.41) is 6.45. The number of nitrogens with two attached hydrogens (primary N) is 1.